The average molecular weight is 485 g/mol. The molecule has 0 fully saturated rings. The third kappa shape index (κ3) is 3.31. The van der Waals surface area contributed by atoms with Crippen molar-refractivity contribution in [2.75, 3.05) is 0 Å². The normalized spacial score (nSPS) is 17.8. The molecule has 2 heteroatoms. The van der Waals surface area contributed by atoms with Crippen LogP contribution in [0.3, 0.4) is 0 Å². The fourth-order valence-corrected chi connectivity index (χ4v) is 7.62. The molecular weight excluding hydrogens is 452 g/mol. The molecule has 0 aliphatic heterocycles. The maximum absolute atomic E-state index is 13.0. The number of aldehydes is 2. The van der Waals surface area contributed by atoms with Gasteiger partial charge in [0.25, 0.3) is 0 Å². The number of carbonyl (C=O) groups excluding carboxylic acids is 2. The summed E-state index contributed by atoms with van der Waals surface area (Å²) >= 11 is 0. The lowest BCUT2D eigenvalue weighted by molar-refractivity contribution is 0.111. The Morgan fingerprint density at radius 3 is 1.27 bits per heavy atom. The van der Waals surface area contributed by atoms with Gasteiger partial charge in [-0.3, -0.25) is 9.59 Å². The van der Waals surface area contributed by atoms with E-state index in [0.717, 1.165) is 69.9 Å². The Labute approximate surface area is 219 Å². The highest BCUT2D eigenvalue weighted by Gasteiger charge is 2.58. The predicted octanol–water partition coefficient (Wildman–Crippen LogP) is 8.29. The standard InChI is InChI=1S/C35H32O2/c1-33(2)21-35(31-27(19-36)25(15-17-29(31)33)23-11-7-5-8-12-23)22-34(3,4)30-18-16-26(28(20-37)32(30)35)24-13-9-6-10-14-24/h5-20H,21-22H2,1-4H3. The molecule has 0 radical (unpaired) electrons. The second kappa shape index (κ2) is 8.11. The number of carbonyl (C=O) groups is 2. The monoisotopic (exact) mass is 484 g/mol. The van der Waals surface area contributed by atoms with Gasteiger partial charge in [-0.05, 0) is 68.2 Å². The highest BCUT2D eigenvalue weighted by molar-refractivity contribution is 5.95. The van der Waals surface area contributed by atoms with Gasteiger partial charge in [0, 0.05) is 16.5 Å². The van der Waals surface area contributed by atoms with Crippen molar-refractivity contribution in [3.8, 4) is 22.3 Å². The first-order valence-corrected chi connectivity index (χ1v) is 13.1. The molecule has 2 aliphatic carbocycles. The smallest absolute Gasteiger partial charge is 0.150 e. The first kappa shape index (κ1) is 23.6. The van der Waals surface area contributed by atoms with Gasteiger partial charge >= 0.3 is 0 Å². The molecule has 6 rings (SSSR count). The van der Waals surface area contributed by atoms with E-state index in [0.29, 0.717) is 0 Å². The summed E-state index contributed by atoms with van der Waals surface area (Å²) in [5.74, 6) is 0. The lowest BCUT2D eigenvalue weighted by Crippen LogP contribution is -2.29. The molecule has 2 aliphatic rings. The quantitative estimate of drug-likeness (QED) is 0.273. The van der Waals surface area contributed by atoms with Gasteiger partial charge in [0.1, 0.15) is 0 Å². The van der Waals surface area contributed by atoms with Crippen molar-refractivity contribution in [1.82, 2.24) is 0 Å². The van der Waals surface area contributed by atoms with Crippen LogP contribution in [0.4, 0.5) is 0 Å². The predicted molar refractivity (Wildman–Crippen MR) is 151 cm³/mol. The van der Waals surface area contributed by atoms with Crippen molar-refractivity contribution < 1.29 is 9.59 Å². The zero-order valence-electron chi connectivity index (χ0n) is 22.0. The molecule has 0 bridgehead atoms. The Morgan fingerprint density at radius 2 is 0.919 bits per heavy atom. The van der Waals surface area contributed by atoms with Crippen molar-refractivity contribution >= 4 is 12.6 Å². The van der Waals surface area contributed by atoms with Gasteiger partial charge in [0.05, 0.1) is 0 Å². The minimum Gasteiger partial charge on any atom is -0.298 e. The van der Waals surface area contributed by atoms with Crippen LogP contribution in [0.2, 0.25) is 0 Å². The van der Waals surface area contributed by atoms with Crippen molar-refractivity contribution in [2.24, 2.45) is 0 Å². The third-order valence-electron chi connectivity index (χ3n) is 8.80. The van der Waals surface area contributed by atoms with E-state index in [1.807, 2.05) is 36.4 Å². The van der Waals surface area contributed by atoms with Crippen LogP contribution in [0.1, 0.15) is 83.5 Å². The zero-order valence-corrected chi connectivity index (χ0v) is 22.0. The van der Waals surface area contributed by atoms with Gasteiger partial charge in [0.2, 0.25) is 0 Å². The SMILES string of the molecule is CC1(C)CC2(CC(C)(C)c3ccc(-c4ccccc4)c(C=O)c32)c2c1ccc(-c1ccccc1)c2C=O. The Kier molecular flexibility index (Phi) is 5.18. The fraction of sp³-hybridized carbons (Fsp3) is 0.257. The van der Waals surface area contributed by atoms with Crippen molar-refractivity contribution in [1.29, 1.82) is 0 Å². The van der Waals surface area contributed by atoms with E-state index in [2.05, 4.69) is 76.2 Å². The summed E-state index contributed by atoms with van der Waals surface area (Å²) in [7, 11) is 0. The largest absolute Gasteiger partial charge is 0.298 e. The second-order valence-electron chi connectivity index (χ2n) is 12.1. The van der Waals surface area contributed by atoms with Gasteiger partial charge in [0.15, 0.2) is 12.6 Å². The van der Waals surface area contributed by atoms with E-state index < -0.39 is 5.41 Å². The molecule has 2 nitrogen and oxygen atoms in total. The van der Waals surface area contributed by atoms with E-state index >= 15 is 0 Å². The lowest BCUT2D eigenvalue weighted by atomic mass is 9.69. The van der Waals surface area contributed by atoms with Crippen LogP contribution < -0.4 is 0 Å². The van der Waals surface area contributed by atoms with Crippen LogP contribution in [0.5, 0.6) is 0 Å². The molecule has 0 atom stereocenters. The summed E-state index contributed by atoms with van der Waals surface area (Å²) in [6.07, 6.45) is 3.84. The summed E-state index contributed by atoms with van der Waals surface area (Å²) in [6.45, 7) is 9.13. The molecule has 0 aromatic heterocycles. The molecule has 37 heavy (non-hydrogen) atoms. The van der Waals surface area contributed by atoms with Crippen molar-refractivity contribution in [2.45, 2.75) is 56.8 Å². The Balaban J connectivity index is 1.73. The summed E-state index contributed by atoms with van der Waals surface area (Å²) in [5, 5.41) is 0. The van der Waals surface area contributed by atoms with Crippen LogP contribution in [0.15, 0.2) is 84.9 Å². The molecule has 0 saturated heterocycles. The highest BCUT2D eigenvalue weighted by atomic mass is 16.1. The second-order valence-corrected chi connectivity index (χ2v) is 12.1. The number of hydrogen-bond donors (Lipinski definition) is 0. The molecule has 0 N–H and O–H groups in total. The first-order valence-electron chi connectivity index (χ1n) is 13.1. The van der Waals surface area contributed by atoms with Gasteiger partial charge in [-0.1, -0.05) is 113 Å². The Hall–Kier alpha value is -3.78. The molecule has 1 spiro atoms. The maximum atomic E-state index is 13.0. The number of benzene rings is 4. The van der Waals surface area contributed by atoms with Gasteiger partial charge in [-0.15, -0.1) is 0 Å². The highest BCUT2D eigenvalue weighted by Crippen LogP contribution is 2.65. The van der Waals surface area contributed by atoms with Crippen molar-refractivity contribution in [3.05, 3.63) is 118 Å². The molecule has 4 aromatic carbocycles. The molecule has 4 aromatic rings. The molecular formula is C35H32O2. The van der Waals surface area contributed by atoms with E-state index in [4.69, 9.17) is 0 Å². The van der Waals surface area contributed by atoms with E-state index in [-0.39, 0.29) is 10.8 Å². The summed E-state index contributed by atoms with van der Waals surface area (Å²) in [4.78, 5) is 25.9. The van der Waals surface area contributed by atoms with Crippen LogP contribution in [-0.2, 0) is 16.2 Å². The van der Waals surface area contributed by atoms with Gasteiger partial charge < -0.3 is 0 Å². The number of fused-ring (bicyclic) bond motifs is 4. The summed E-state index contributed by atoms with van der Waals surface area (Å²) in [6, 6.07) is 29.0. The lowest BCUT2D eigenvalue weighted by Gasteiger charge is -2.32. The molecule has 0 amide bonds. The molecule has 0 saturated carbocycles. The first-order chi connectivity index (χ1) is 17.7. The summed E-state index contributed by atoms with van der Waals surface area (Å²) in [5.41, 5.74) is 9.53. The van der Waals surface area contributed by atoms with Crippen molar-refractivity contribution in [3.63, 3.8) is 0 Å². The van der Waals surface area contributed by atoms with Gasteiger partial charge in [-0.25, -0.2) is 0 Å². The topological polar surface area (TPSA) is 34.1 Å². The van der Waals surface area contributed by atoms with Crippen LogP contribution >= 0.6 is 0 Å². The van der Waals surface area contributed by atoms with Crippen LogP contribution in [0, 0.1) is 0 Å². The Bertz CT molecular complexity index is 1420. The average Bonchev–Trinajstić information content (AvgIpc) is 3.28. The molecule has 0 heterocycles. The van der Waals surface area contributed by atoms with E-state index in [1.165, 1.54) is 11.1 Å². The minimum atomic E-state index is -0.417. The number of hydrogen-bond acceptors (Lipinski definition) is 2. The van der Waals surface area contributed by atoms with Crippen LogP contribution in [0.25, 0.3) is 22.3 Å². The van der Waals surface area contributed by atoms with E-state index in [1.54, 1.807) is 0 Å². The number of rotatable bonds is 4. The summed E-state index contributed by atoms with van der Waals surface area (Å²) < 4.78 is 0. The van der Waals surface area contributed by atoms with Crippen LogP contribution in [-0.4, -0.2) is 12.6 Å². The van der Waals surface area contributed by atoms with Gasteiger partial charge in [-0.2, -0.15) is 0 Å². The minimum absolute atomic E-state index is 0.136. The third-order valence-corrected chi connectivity index (χ3v) is 8.80. The Morgan fingerprint density at radius 1 is 0.541 bits per heavy atom. The molecule has 0 unspecified atom stereocenters. The molecule has 184 valence electrons. The fourth-order valence-electron chi connectivity index (χ4n) is 7.62. The maximum Gasteiger partial charge on any atom is 0.150 e. The van der Waals surface area contributed by atoms with E-state index in [9.17, 15) is 9.59 Å². The zero-order chi connectivity index (χ0) is 26.0.